The topological polar surface area (TPSA) is 155 Å². The number of fused-ring (bicyclic) bond motifs is 1. The minimum absolute atomic E-state index is 0.0429. The number of aliphatic hydroxyl groups excluding tert-OH is 3. The largest absolute Gasteiger partial charge is 0.394 e. The van der Waals surface area contributed by atoms with E-state index >= 15 is 0 Å². The predicted octanol–water partition coefficient (Wildman–Crippen LogP) is -1.71. The van der Waals surface area contributed by atoms with Crippen molar-refractivity contribution in [2.45, 2.75) is 37.4 Å². The number of nitrogens with zero attached hydrogens (tertiary/aromatic N) is 4. The normalized spacial score (nSPS) is 29.1. The summed E-state index contributed by atoms with van der Waals surface area (Å²) in [6.45, 7) is -0.420. The van der Waals surface area contributed by atoms with Crippen LogP contribution in [-0.2, 0) is 9.53 Å². The first-order valence-electron chi connectivity index (χ1n) is 7.96. The number of amides is 1. The molecule has 0 unspecified atom stereocenters. The summed E-state index contributed by atoms with van der Waals surface area (Å²) in [7, 11) is 0. The molecule has 11 nitrogen and oxygen atoms in total. The highest BCUT2D eigenvalue weighted by Gasteiger charge is 2.44. The number of hydrazine groups is 1. The third kappa shape index (κ3) is 2.80. The number of aromatic nitrogens is 4. The van der Waals surface area contributed by atoms with Gasteiger partial charge in [-0.1, -0.05) is 0 Å². The Kier molecular flexibility index (Phi) is 4.00. The number of hydrogen-bond acceptors (Lipinski definition) is 9. The molecule has 2 aromatic heterocycles. The van der Waals surface area contributed by atoms with E-state index in [1.165, 1.54) is 17.2 Å². The molecule has 0 radical (unpaired) electrons. The zero-order chi connectivity index (χ0) is 17.6. The van der Waals surface area contributed by atoms with Crippen LogP contribution in [0.15, 0.2) is 12.7 Å². The van der Waals surface area contributed by atoms with Crippen LogP contribution in [0, 0.1) is 5.92 Å². The summed E-state index contributed by atoms with van der Waals surface area (Å²) in [5, 5.41) is 29.3. The lowest BCUT2D eigenvalue weighted by Gasteiger charge is -2.16. The summed E-state index contributed by atoms with van der Waals surface area (Å²) in [6.07, 6.45) is 0.149. The van der Waals surface area contributed by atoms with Crippen LogP contribution in [0.25, 0.3) is 11.2 Å². The van der Waals surface area contributed by atoms with Gasteiger partial charge in [0.25, 0.3) is 0 Å². The van der Waals surface area contributed by atoms with Gasteiger partial charge in [-0.3, -0.25) is 20.2 Å². The Bertz CT molecular complexity index is 793. The molecule has 0 bridgehead atoms. The summed E-state index contributed by atoms with van der Waals surface area (Å²) < 4.78 is 6.94. The number of ether oxygens (including phenoxy) is 1. The fraction of sp³-hybridized carbons (Fsp3) is 0.571. The molecule has 134 valence electrons. The van der Waals surface area contributed by atoms with E-state index in [-0.39, 0.29) is 11.8 Å². The Labute approximate surface area is 141 Å². The van der Waals surface area contributed by atoms with E-state index in [0.717, 1.165) is 12.8 Å². The molecule has 2 fully saturated rings. The number of imidazole rings is 1. The summed E-state index contributed by atoms with van der Waals surface area (Å²) in [5.41, 5.74) is 6.04. The lowest BCUT2D eigenvalue weighted by molar-refractivity contribution is -0.121. The van der Waals surface area contributed by atoms with Crippen molar-refractivity contribution in [3.05, 3.63) is 12.7 Å². The summed E-state index contributed by atoms with van der Waals surface area (Å²) >= 11 is 0. The summed E-state index contributed by atoms with van der Waals surface area (Å²) in [4.78, 5) is 24.1. The molecule has 1 aliphatic heterocycles. The van der Waals surface area contributed by atoms with Crippen LogP contribution >= 0.6 is 0 Å². The van der Waals surface area contributed by atoms with E-state index in [1.807, 2.05) is 0 Å². The number of hydrogen-bond donors (Lipinski definition) is 5. The number of aliphatic hydroxyl groups is 3. The molecular formula is C14H18N6O5. The molecule has 0 spiro atoms. The van der Waals surface area contributed by atoms with Crippen molar-refractivity contribution in [2.24, 2.45) is 5.92 Å². The van der Waals surface area contributed by atoms with Crippen LogP contribution in [0.4, 0.5) is 5.82 Å². The number of nitrogens with one attached hydrogen (secondary N) is 2. The first kappa shape index (κ1) is 16.1. The maximum absolute atomic E-state index is 11.7. The molecule has 11 heteroatoms. The fourth-order valence-corrected chi connectivity index (χ4v) is 2.81. The monoisotopic (exact) mass is 350 g/mol. The van der Waals surface area contributed by atoms with Crippen LogP contribution in [0.5, 0.6) is 0 Å². The van der Waals surface area contributed by atoms with Crippen LogP contribution < -0.4 is 10.9 Å². The second-order valence-corrected chi connectivity index (χ2v) is 6.16. The van der Waals surface area contributed by atoms with E-state index in [0.29, 0.717) is 17.0 Å². The lowest BCUT2D eigenvalue weighted by atomic mass is 10.1. The van der Waals surface area contributed by atoms with Gasteiger partial charge in [0.05, 0.1) is 12.9 Å². The van der Waals surface area contributed by atoms with Crippen LogP contribution in [0.3, 0.4) is 0 Å². The molecule has 0 aromatic carbocycles. The molecule has 25 heavy (non-hydrogen) atoms. The number of anilines is 1. The molecule has 4 rings (SSSR count). The van der Waals surface area contributed by atoms with Gasteiger partial charge < -0.3 is 20.1 Å². The van der Waals surface area contributed by atoms with Gasteiger partial charge in [0.15, 0.2) is 23.2 Å². The van der Waals surface area contributed by atoms with E-state index in [9.17, 15) is 20.1 Å². The number of rotatable bonds is 5. The first-order chi connectivity index (χ1) is 12.1. The molecule has 3 heterocycles. The Morgan fingerprint density at radius 3 is 2.76 bits per heavy atom. The van der Waals surface area contributed by atoms with Crippen molar-refractivity contribution in [2.75, 3.05) is 12.0 Å². The van der Waals surface area contributed by atoms with Crippen molar-refractivity contribution in [1.82, 2.24) is 24.9 Å². The third-order valence-electron chi connectivity index (χ3n) is 4.40. The molecular weight excluding hydrogens is 332 g/mol. The van der Waals surface area contributed by atoms with Gasteiger partial charge in [0.2, 0.25) is 5.91 Å². The van der Waals surface area contributed by atoms with Gasteiger partial charge in [-0.25, -0.2) is 15.0 Å². The standard InChI is InChI=1S/C14H18N6O5/c21-3-7-9(22)10(23)14(25-7)20-5-17-8-11(15-4-16-12(8)20)18-19-13(24)6-1-2-6/h4-7,9-10,14,21-23H,1-3H2,(H,19,24)(H,15,16,18)/t7-,9-,10-,14-/m1/s1. The zero-order valence-corrected chi connectivity index (χ0v) is 13.1. The fourth-order valence-electron chi connectivity index (χ4n) is 2.81. The van der Waals surface area contributed by atoms with Crippen molar-refractivity contribution in [3.63, 3.8) is 0 Å². The van der Waals surface area contributed by atoms with Gasteiger partial charge in [0.1, 0.15) is 24.6 Å². The van der Waals surface area contributed by atoms with Crippen LogP contribution in [0.2, 0.25) is 0 Å². The van der Waals surface area contributed by atoms with Gasteiger partial charge >= 0.3 is 0 Å². The predicted molar refractivity (Wildman–Crippen MR) is 82.8 cm³/mol. The zero-order valence-electron chi connectivity index (χ0n) is 13.1. The smallest absolute Gasteiger partial charge is 0.241 e. The maximum Gasteiger partial charge on any atom is 0.241 e. The van der Waals surface area contributed by atoms with Crippen molar-refractivity contribution >= 4 is 22.9 Å². The molecule has 1 amide bonds. The van der Waals surface area contributed by atoms with Crippen molar-refractivity contribution in [3.8, 4) is 0 Å². The average Bonchev–Trinajstić information content (AvgIpc) is 3.33. The van der Waals surface area contributed by atoms with Gasteiger partial charge in [0, 0.05) is 5.92 Å². The SMILES string of the molecule is O=C(NNc1ncnc2c1ncn2[C@@H]1O[C@H](CO)[C@@H](O)[C@H]1O)C1CC1. The van der Waals surface area contributed by atoms with Gasteiger partial charge in [-0.15, -0.1) is 0 Å². The molecule has 2 aliphatic rings. The Morgan fingerprint density at radius 1 is 1.28 bits per heavy atom. The van der Waals surface area contributed by atoms with Gasteiger partial charge in [-0.05, 0) is 12.8 Å². The molecule has 1 aliphatic carbocycles. The second kappa shape index (κ2) is 6.19. The lowest BCUT2D eigenvalue weighted by Crippen LogP contribution is -2.33. The molecule has 5 N–H and O–H groups in total. The molecule has 4 atom stereocenters. The number of carbonyl (C=O) groups is 1. The highest BCUT2D eigenvalue weighted by atomic mass is 16.6. The van der Waals surface area contributed by atoms with Crippen molar-refractivity contribution in [1.29, 1.82) is 0 Å². The van der Waals surface area contributed by atoms with E-state index < -0.39 is 31.1 Å². The highest BCUT2D eigenvalue weighted by Crippen LogP contribution is 2.32. The van der Waals surface area contributed by atoms with E-state index in [2.05, 4.69) is 25.8 Å². The minimum Gasteiger partial charge on any atom is -0.394 e. The van der Waals surface area contributed by atoms with Crippen LogP contribution in [-0.4, -0.2) is 65.7 Å². The minimum atomic E-state index is -1.24. The second-order valence-electron chi connectivity index (χ2n) is 6.16. The van der Waals surface area contributed by atoms with Crippen LogP contribution in [0.1, 0.15) is 19.1 Å². The summed E-state index contributed by atoms with van der Waals surface area (Å²) in [5.74, 6) is 0.250. The first-order valence-corrected chi connectivity index (χ1v) is 7.96. The summed E-state index contributed by atoms with van der Waals surface area (Å²) in [6, 6.07) is 0. The Hall–Kier alpha value is -2.34. The Balaban J connectivity index is 1.59. The van der Waals surface area contributed by atoms with Gasteiger partial charge in [-0.2, -0.15) is 0 Å². The molecule has 1 saturated heterocycles. The van der Waals surface area contributed by atoms with E-state index in [1.54, 1.807) is 0 Å². The molecule has 1 saturated carbocycles. The van der Waals surface area contributed by atoms with E-state index in [4.69, 9.17) is 4.74 Å². The van der Waals surface area contributed by atoms with Crippen molar-refractivity contribution < 1.29 is 24.9 Å². The maximum atomic E-state index is 11.7. The quantitative estimate of drug-likeness (QED) is 0.396. The average molecular weight is 350 g/mol. The molecule has 2 aromatic rings. The highest BCUT2D eigenvalue weighted by molar-refractivity contribution is 5.86. The third-order valence-corrected chi connectivity index (χ3v) is 4.40. The Morgan fingerprint density at radius 2 is 2.08 bits per heavy atom. The number of carbonyl (C=O) groups excluding carboxylic acids is 1.